The molecule has 1 heterocycles. The van der Waals surface area contributed by atoms with E-state index in [1.807, 2.05) is 12.3 Å². The van der Waals surface area contributed by atoms with Crippen LogP contribution in [0.2, 0.25) is 0 Å². The topological polar surface area (TPSA) is 52.7 Å². The van der Waals surface area contributed by atoms with Gasteiger partial charge in [-0.05, 0) is 44.1 Å². The molecule has 3 aromatic rings. The van der Waals surface area contributed by atoms with Gasteiger partial charge in [-0.2, -0.15) is 0 Å². The summed E-state index contributed by atoms with van der Waals surface area (Å²) in [6.07, 6.45) is 2.74. The maximum absolute atomic E-state index is 5.30. The van der Waals surface area contributed by atoms with Crippen molar-refractivity contribution in [3.63, 3.8) is 0 Å². The maximum atomic E-state index is 5.30. The Bertz CT molecular complexity index is 877. The van der Waals surface area contributed by atoms with Gasteiger partial charge in [0.2, 0.25) is 0 Å². The Hall–Kier alpha value is -2.66. The summed E-state index contributed by atoms with van der Waals surface area (Å²) in [6, 6.07) is 18.9. The first-order valence-corrected chi connectivity index (χ1v) is 9.58. The molecule has 0 amide bonds. The third-order valence-corrected chi connectivity index (χ3v) is 4.30. The van der Waals surface area contributed by atoms with Gasteiger partial charge in [-0.1, -0.05) is 54.6 Å². The lowest BCUT2D eigenvalue weighted by Crippen LogP contribution is -2.46. The minimum absolute atomic E-state index is 0.0339. The van der Waals surface area contributed by atoms with Crippen molar-refractivity contribution in [2.75, 3.05) is 6.54 Å². The van der Waals surface area contributed by atoms with Crippen LogP contribution in [-0.2, 0) is 6.42 Å². The minimum atomic E-state index is -0.0339. The van der Waals surface area contributed by atoms with E-state index in [4.69, 9.17) is 17.2 Å². The second-order valence-electron chi connectivity index (χ2n) is 7.56. The fourth-order valence-corrected chi connectivity index (χ4v) is 3.19. The van der Waals surface area contributed by atoms with Crippen molar-refractivity contribution in [1.82, 2.24) is 20.6 Å². The number of rotatable bonds is 5. The zero-order chi connectivity index (χ0) is 19.3. The molecule has 2 aromatic carbocycles. The molecule has 5 heteroatoms. The van der Waals surface area contributed by atoms with Gasteiger partial charge in [0.1, 0.15) is 5.82 Å². The summed E-state index contributed by atoms with van der Waals surface area (Å²) in [4.78, 5) is 7.95. The fourth-order valence-electron chi connectivity index (χ4n) is 2.78. The molecule has 0 fully saturated rings. The monoisotopic (exact) mass is 378 g/mol. The van der Waals surface area contributed by atoms with Crippen molar-refractivity contribution in [2.24, 2.45) is 0 Å². The number of imidazole rings is 1. The second kappa shape index (κ2) is 8.35. The minimum Gasteiger partial charge on any atom is -0.362 e. The maximum Gasteiger partial charge on any atom is 0.166 e. The first kappa shape index (κ1) is 19.1. The van der Waals surface area contributed by atoms with Crippen molar-refractivity contribution >= 4 is 17.3 Å². The van der Waals surface area contributed by atoms with Crippen LogP contribution in [0, 0.1) is 0 Å². The Labute approximate surface area is 166 Å². The van der Waals surface area contributed by atoms with E-state index in [9.17, 15) is 0 Å². The first-order valence-electron chi connectivity index (χ1n) is 9.17. The molecule has 0 radical (unpaired) electrons. The summed E-state index contributed by atoms with van der Waals surface area (Å²) in [5.41, 5.74) is 4.46. The smallest absolute Gasteiger partial charge is 0.166 e. The third-order valence-electron chi connectivity index (χ3n) is 4.05. The molecule has 0 bridgehead atoms. The van der Waals surface area contributed by atoms with Crippen LogP contribution in [-0.4, -0.2) is 27.2 Å². The normalized spacial score (nSPS) is 11.2. The van der Waals surface area contributed by atoms with Crippen molar-refractivity contribution in [2.45, 2.75) is 32.7 Å². The predicted octanol–water partition coefficient (Wildman–Crippen LogP) is 4.55. The van der Waals surface area contributed by atoms with Crippen LogP contribution >= 0.6 is 12.2 Å². The van der Waals surface area contributed by atoms with Crippen molar-refractivity contribution in [1.29, 1.82) is 0 Å². The van der Waals surface area contributed by atoms with Gasteiger partial charge in [0, 0.05) is 30.3 Å². The van der Waals surface area contributed by atoms with Gasteiger partial charge in [0.15, 0.2) is 5.11 Å². The van der Waals surface area contributed by atoms with E-state index in [-0.39, 0.29) is 5.54 Å². The molecular weight excluding hydrogens is 352 g/mol. The number of nitrogens with zero attached hydrogens (tertiary/aromatic N) is 1. The van der Waals surface area contributed by atoms with E-state index in [0.29, 0.717) is 5.11 Å². The van der Waals surface area contributed by atoms with E-state index in [1.54, 1.807) is 0 Å². The van der Waals surface area contributed by atoms with Crippen LogP contribution in [0.5, 0.6) is 0 Å². The van der Waals surface area contributed by atoms with Crippen molar-refractivity contribution < 1.29 is 0 Å². The van der Waals surface area contributed by atoms with Gasteiger partial charge < -0.3 is 15.6 Å². The third kappa shape index (κ3) is 5.66. The molecule has 4 nitrogen and oxygen atoms in total. The van der Waals surface area contributed by atoms with E-state index in [2.05, 4.69) is 84.9 Å². The molecule has 0 aliphatic carbocycles. The summed E-state index contributed by atoms with van der Waals surface area (Å²) in [5, 5.41) is 7.14. The molecule has 0 unspecified atom stereocenters. The Balaban J connectivity index is 1.57. The number of nitrogens with one attached hydrogen (secondary N) is 3. The van der Waals surface area contributed by atoms with Crippen LogP contribution < -0.4 is 10.6 Å². The van der Waals surface area contributed by atoms with Gasteiger partial charge >= 0.3 is 0 Å². The number of benzene rings is 2. The van der Waals surface area contributed by atoms with E-state index < -0.39 is 0 Å². The molecule has 3 N–H and O–H groups in total. The van der Waals surface area contributed by atoms with Gasteiger partial charge in [-0.25, -0.2) is 4.98 Å². The molecule has 0 spiro atoms. The lowest BCUT2D eigenvalue weighted by Gasteiger charge is -2.22. The second-order valence-corrected chi connectivity index (χ2v) is 7.96. The molecule has 0 saturated carbocycles. The number of hydrogen-bond acceptors (Lipinski definition) is 2. The molecule has 0 aliphatic rings. The number of thiocarbonyl (C=S) groups is 1. The Morgan fingerprint density at radius 2 is 1.59 bits per heavy atom. The lowest BCUT2D eigenvalue weighted by molar-refractivity contribution is 0.507. The Kier molecular flexibility index (Phi) is 5.91. The fraction of sp³-hybridized carbons (Fsp3) is 0.273. The van der Waals surface area contributed by atoms with Gasteiger partial charge in [-0.3, -0.25) is 0 Å². The zero-order valence-electron chi connectivity index (χ0n) is 16.0. The van der Waals surface area contributed by atoms with Gasteiger partial charge in [0.05, 0.1) is 5.69 Å². The van der Waals surface area contributed by atoms with Crippen LogP contribution in [0.1, 0.15) is 26.6 Å². The van der Waals surface area contributed by atoms with Crippen molar-refractivity contribution in [3.8, 4) is 22.4 Å². The summed E-state index contributed by atoms with van der Waals surface area (Å²) in [5.74, 6) is 0.947. The average Bonchev–Trinajstić information content (AvgIpc) is 3.10. The first-order chi connectivity index (χ1) is 12.9. The van der Waals surface area contributed by atoms with E-state index in [0.717, 1.165) is 30.0 Å². The zero-order valence-corrected chi connectivity index (χ0v) is 16.9. The number of aromatic nitrogens is 2. The Morgan fingerprint density at radius 3 is 2.26 bits per heavy atom. The highest BCUT2D eigenvalue weighted by Gasteiger charge is 2.11. The van der Waals surface area contributed by atoms with E-state index in [1.165, 1.54) is 11.1 Å². The quantitative estimate of drug-likeness (QED) is 0.570. The van der Waals surface area contributed by atoms with Crippen LogP contribution in [0.3, 0.4) is 0 Å². The highest BCUT2D eigenvalue weighted by atomic mass is 32.1. The summed E-state index contributed by atoms with van der Waals surface area (Å²) < 4.78 is 0. The number of hydrogen-bond donors (Lipinski definition) is 3. The van der Waals surface area contributed by atoms with Gasteiger partial charge in [-0.15, -0.1) is 0 Å². The largest absolute Gasteiger partial charge is 0.362 e. The predicted molar refractivity (Wildman–Crippen MR) is 117 cm³/mol. The molecule has 140 valence electrons. The number of aromatic amines is 1. The average molecular weight is 379 g/mol. The summed E-state index contributed by atoms with van der Waals surface area (Å²) in [7, 11) is 0. The van der Waals surface area contributed by atoms with Crippen LogP contribution in [0.25, 0.3) is 22.4 Å². The molecular formula is C22H26N4S. The van der Waals surface area contributed by atoms with E-state index >= 15 is 0 Å². The molecule has 27 heavy (non-hydrogen) atoms. The van der Waals surface area contributed by atoms with Crippen LogP contribution in [0.15, 0.2) is 60.8 Å². The van der Waals surface area contributed by atoms with Gasteiger partial charge in [0.25, 0.3) is 0 Å². The highest BCUT2D eigenvalue weighted by Crippen LogP contribution is 2.23. The standard InChI is InChI=1S/C22H26N4S/c1-22(2,3)26-21(27)23-14-13-20-24-15-19(25-20)18-11-9-17(10-12-18)16-7-5-4-6-8-16/h4-12,15H,13-14H2,1-3H3,(H,24,25)(H2,23,26,27). The highest BCUT2D eigenvalue weighted by molar-refractivity contribution is 7.80. The molecule has 3 rings (SSSR count). The summed E-state index contributed by atoms with van der Waals surface area (Å²) in [6.45, 7) is 7.00. The lowest BCUT2D eigenvalue weighted by atomic mass is 10.0. The Morgan fingerprint density at radius 1 is 0.963 bits per heavy atom. The number of H-pyrrole nitrogens is 1. The molecule has 1 aromatic heterocycles. The molecule has 0 saturated heterocycles. The molecule has 0 atom stereocenters. The SMILES string of the molecule is CC(C)(C)NC(=S)NCCc1nc(-c2ccc(-c3ccccc3)cc2)c[nH]1. The summed E-state index contributed by atoms with van der Waals surface area (Å²) >= 11 is 5.30. The molecule has 0 aliphatic heterocycles. The van der Waals surface area contributed by atoms with Crippen LogP contribution in [0.4, 0.5) is 0 Å². The van der Waals surface area contributed by atoms with Crippen molar-refractivity contribution in [3.05, 3.63) is 66.6 Å².